The Morgan fingerprint density at radius 1 is 1.03 bits per heavy atom. The lowest BCUT2D eigenvalue weighted by Gasteiger charge is -2.16. The molecule has 0 heterocycles. The minimum atomic E-state index is -0.646. The fourth-order valence-corrected chi connectivity index (χ4v) is 2.52. The Morgan fingerprint density at radius 3 is 2.31 bits per heavy atom. The van der Waals surface area contributed by atoms with Gasteiger partial charge in [0.05, 0.1) is 24.0 Å². The van der Waals surface area contributed by atoms with Crippen LogP contribution < -0.4 is 21.7 Å². The van der Waals surface area contributed by atoms with Crippen molar-refractivity contribution in [3.8, 4) is 0 Å². The van der Waals surface area contributed by atoms with E-state index in [9.17, 15) is 9.59 Å². The highest BCUT2D eigenvalue weighted by Gasteiger charge is 2.18. The molecule has 6 nitrogen and oxygen atoms in total. The maximum absolute atomic E-state index is 12.2. The lowest BCUT2D eigenvalue weighted by atomic mass is 10.1. The van der Waals surface area contributed by atoms with Crippen LogP contribution in [0.3, 0.4) is 0 Å². The van der Waals surface area contributed by atoms with Gasteiger partial charge in [-0.1, -0.05) is 55.8 Å². The number of hydrogen-bond acceptors (Lipinski definition) is 4. The van der Waals surface area contributed by atoms with E-state index in [2.05, 4.69) is 16.0 Å². The molecule has 0 aliphatic carbocycles. The molecule has 2 rings (SSSR count). The summed E-state index contributed by atoms with van der Waals surface area (Å²) in [5, 5.41) is 9.10. The van der Waals surface area contributed by atoms with Gasteiger partial charge in [0.25, 0.3) is 0 Å². The van der Waals surface area contributed by atoms with Gasteiger partial charge in [-0.3, -0.25) is 9.59 Å². The first-order valence-electron chi connectivity index (χ1n) is 8.77. The third kappa shape index (κ3) is 8.92. The molecular formula is C20H27Cl3N4O2. The topological polar surface area (TPSA) is 96.2 Å². The van der Waals surface area contributed by atoms with Crippen LogP contribution >= 0.6 is 36.4 Å². The molecule has 0 bridgehead atoms. The van der Waals surface area contributed by atoms with Crippen LogP contribution in [0.25, 0.3) is 0 Å². The first-order valence-corrected chi connectivity index (χ1v) is 9.15. The van der Waals surface area contributed by atoms with E-state index in [0.29, 0.717) is 17.3 Å². The van der Waals surface area contributed by atoms with Gasteiger partial charge in [-0.05, 0) is 29.7 Å². The lowest BCUT2D eigenvalue weighted by molar-refractivity contribution is -0.125. The van der Waals surface area contributed by atoms with Gasteiger partial charge in [0.2, 0.25) is 11.8 Å². The highest BCUT2D eigenvalue weighted by molar-refractivity contribution is 6.31. The Morgan fingerprint density at radius 2 is 1.69 bits per heavy atom. The van der Waals surface area contributed by atoms with Crippen molar-refractivity contribution in [2.45, 2.75) is 26.4 Å². The Labute approximate surface area is 188 Å². The van der Waals surface area contributed by atoms with Crippen LogP contribution in [0.1, 0.15) is 19.4 Å². The van der Waals surface area contributed by atoms with E-state index in [0.717, 1.165) is 11.3 Å². The summed E-state index contributed by atoms with van der Waals surface area (Å²) in [4.78, 5) is 24.1. The van der Waals surface area contributed by atoms with Crippen LogP contribution in [0.15, 0.2) is 48.5 Å². The molecule has 0 radical (unpaired) electrons. The Hall–Kier alpha value is -1.99. The van der Waals surface area contributed by atoms with Crippen molar-refractivity contribution in [1.82, 2.24) is 5.32 Å². The molecule has 9 heteroatoms. The molecular weight excluding hydrogens is 435 g/mol. The summed E-state index contributed by atoms with van der Waals surface area (Å²) in [5.74, 6) is -0.715. The molecule has 0 saturated heterocycles. The average molecular weight is 462 g/mol. The summed E-state index contributed by atoms with van der Waals surface area (Å²) in [6.07, 6.45) is 0. The number of anilines is 2. The molecule has 0 aliphatic rings. The second-order valence-electron chi connectivity index (χ2n) is 6.56. The van der Waals surface area contributed by atoms with E-state index in [1.807, 2.05) is 44.2 Å². The van der Waals surface area contributed by atoms with Crippen molar-refractivity contribution in [2.24, 2.45) is 11.7 Å². The standard InChI is InChI=1S/C20H25ClN4O2.2ClH/c1-13(2)19(22)20(27)24-12-18(26)25-17-10-15(21)8-9-16(17)23-11-14-6-4-3-5-7-14;;/h3-10,13,19,23H,11-12,22H2,1-2H3,(H,24,27)(H,25,26);2*1H/t19-;;/m0../s1. The van der Waals surface area contributed by atoms with Crippen LogP contribution in [0, 0.1) is 5.92 Å². The highest BCUT2D eigenvalue weighted by atomic mass is 35.5. The molecule has 29 heavy (non-hydrogen) atoms. The Bertz CT molecular complexity index is 789. The smallest absolute Gasteiger partial charge is 0.243 e. The monoisotopic (exact) mass is 460 g/mol. The zero-order valence-electron chi connectivity index (χ0n) is 16.3. The first-order chi connectivity index (χ1) is 12.9. The number of amides is 2. The van der Waals surface area contributed by atoms with Gasteiger partial charge in [0, 0.05) is 11.6 Å². The predicted octanol–water partition coefficient (Wildman–Crippen LogP) is 3.83. The number of hydrogen-bond donors (Lipinski definition) is 4. The quantitative estimate of drug-likeness (QED) is 0.480. The average Bonchev–Trinajstić information content (AvgIpc) is 2.65. The van der Waals surface area contributed by atoms with Gasteiger partial charge in [-0.15, -0.1) is 24.8 Å². The number of nitrogens with two attached hydrogens (primary N) is 1. The van der Waals surface area contributed by atoms with E-state index in [1.54, 1.807) is 18.2 Å². The van der Waals surface area contributed by atoms with Crippen LogP contribution in [-0.2, 0) is 16.1 Å². The van der Waals surface area contributed by atoms with Crippen molar-refractivity contribution in [1.29, 1.82) is 0 Å². The minimum absolute atomic E-state index is 0. The van der Waals surface area contributed by atoms with Gasteiger partial charge < -0.3 is 21.7 Å². The summed E-state index contributed by atoms with van der Waals surface area (Å²) in [6.45, 7) is 4.14. The number of carbonyl (C=O) groups is 2. The maximum atomic E-state index is 12.2. The maximum Gasteiger partial charge on any atom is 0.243 e. The lowest BCUT2D eigenvalue weighted by Crippen LogP contribution is -2.46. The van der Waals surface area contributed by atoms with Crippen molar-refractivity contribution >= 4 is 59.6 Å². The van der Waals surface area contributed by atoms with Crippen molar-refractivity contribution in [3.05, 3.63) is 59.1 Å². The first kappa shape index (κ1) is 27.0. The second-order valence-corrected chi connectivity index (χ2v) is 7.00. The van der Waals surface area contributed by atoms with Gasteiger partial charge >= 0.3 is 0 Å². The summed E-state index contributed by atoms with van der Waals surface area (Å²) in [6, 6.07) is 14.5. The molecule has 0 unspecified atom stereocenters. The van der Waals surface area contributed by atoms with Gasteiger partial charge in [0.15, 0.2) is 0 Å². The molecule has 0 spiro atoms. The molecule has 0 fully saturated rings. The fraction of sp³-hybridized carbons (Fsp3) is 0.300. The van der Waals surface area contributed by atoms with Gasteiger partial charge in [-0.25, -0.2) is 0 Å². The molecule has 0 aromatic heterocycles. The molecule has 2 aromatic carbocycles. The SMILES string of the molecule is CC(C)[C@H](N)C(=O)NCC(=O)Nc1cc(Cl)ccc1NCc1ccccc1.Cl.Cl. The number of carbonyl (C=O) groups excluding carboxylic acids is 2. The van der Waals surface area contributed by atoms with Crippen LogP contribution in [0.2, 0.25) is 5.02 Å². The van der Waals surface area contributed by atoms with Crippen LogP contribution in [-0.4, -0.2) is 24.4 Å². The van der Waals surface area contributed by atoms with Gasteiger partial charge in [-0.2, -0.15) is 0 Å². The number of rotatable bonds is 8. The Kier molecular flexibility index (Phi) is 12.4. The zero-order chi connectivity index (χ0) is 19.8. The van der Waals surface area contributed by atoms with E-state index < -0.39 is 6.04 Å². The molecule has 0 saturated carbocycles. The predicted molar refractivity (Wildman–Crippen MR) is 124 cm³/mol. The van der Waals surface area contributed by atoms with Crippen molar-refractivity contribution in [3.63, 3.8) is 0 Å². The molecule has 0 aliphatic heterocycles. The normalized spacial score (nSPS) is 10.9. The molecule has 2 amide bonds. The summed E-state index contributed by atoms with van der Waals surface area (Å²) >= 11 is 6.06. The van der Waals surface area contributed by atoms with Crippen LogP contribution in [0.5, 0.6) is 0 Å². The summed E-state index contributed by atoms with van der Waals surface area (Å²) in [7, 11) is 0. The minimum Gasteiger partial charge on any atom is -0.379 e. The largest absolute Gasteiger partial charge is 0.379 e. The molecule has 160 valence electrons. The summed E-state index contributed by atoms with van der Waals surface area (Å²) < 4.78 is 0. The molecule has 1 atom stereocenters. The summed E-state index contributed by atoms with van der Waals surface area (Å²) in [5.41, 5.74) is 8.16. The van der Waals surface area contributed by atoms with Crippen molar-refractivity contribution in [2.75, 3.05) is 17.2 Å². The van der Waals surface area contributed by atoms with Crippen LogP contribution in [0.4, 0.5) is 11.4 Å². The van der Waals surface area contributed by atoms with E-state index in [4.69, 9.17) is 17.3 Å². The highest BCUT2D eigenvalue weighted by Crippen LogP contribution is 2.26. The van der Waals surface area contributed by atoms with E-state index in [1.165, 1.54) is 0 Å². The number of benzene rings is 2. The second kappa shape index (κ2) is 13.3. The fourth-order valence-electron chi connectivity index (χ4n) is 2.35. The molecule has 5 N–H and O–H groups in total. The number of nitrogens with one attached hydrogen (secondary N) is 3. The van der Waals surface area contributed by atoms with Gasteiger partial charge in [0.1, 0.15) is 0 Å². The third-order valence-corrected chi connectivity index (χ3v) is 4.26. The zero-order valence-corrected chi connectivity index (χ0v) is 18.7. The third-order valence-electron chi connectivity index (χ3n) is 4.03. The molecule has 2 aromatic rings. The van der Waals surface area contributed by atoms with E-state index >= 15 is 0 Å². The van der Waals surface area contributed by atoms with Crippen molar-refractivity contribution < 1.29 is 9.59 Å². The Balaban J connectivity index is 0.00000392. The number of halogens is 3. The van der Waals surface area contributed by atoms with E-state index in [-0.39, 0.29) is 49.1 Å².